The van der Waals surface area contributed by atoms with Crippen molar-refractivity contribution in [3.8, 4) is 6.07 Å². The van der Waals surface area contributed by atoms with E-state index in [-0.39, 0.29) is 23.4 Å². The van der Waals surface area contributed by atoms with E-state index in [1.807, 2.05) is 26.8 Å². The number of hydrogen-bond acceptors (Lipinski definition) is 6. The average Bonchev–Trinajstić information content (AvgIpc) is 2.84. The van der Waals surface area contributed by atoms with Crippen LogP contribution < -0.4 is 0 Å². The second-order valence-corrected chi connectivity index (χ2v) is 5.95. The molecular weight excluding hydrogens is 264 g/mol. The van der Waals surface area contributed by atoms with Crippen molar-refractivity contribution in [2.45, 2.75) is 33.1 Å². The number of fused-ring (bicyclic) bond motifs is 1. The van der Waals surface area contributed by atoms with Crippen molar-refractivity contribution in [1.29, 1.82) is 5.26 Å². The molecule has 6 nitrogen and oxygen atoms in total. The van der Waals surface area contributed by atoms with Crippen LogP contribution in [0.2, 0.25) is 0 Å². The zero-order valence-electron chi connectivity index (χ0n) is 11.2. The van der Waals surface area contributed by atoms with Crippen LogP contribution in [0.15, 0.2) is 0 Å². The molecule has 0 unspecified atom stereocenters. The molecule has 2 rings (SSSR count). The number of rotatable bonds is 2. The Balaban J connectivity index is 2.57. The summed E-state index contributed by atoms with van der Waals surface area (Å²) < 4.78 is 6.29. The van der Waals surface area contributed by atoms with Crippen molar-refractivity contribution in [2.75, 3.05) is 6.61 Å². The van der Waals surface area contributed by atoms with Crippen molar-refractivity contribution in [2.24, 2.45) is 0 Å². The normalized spacial score (nSPS) is 11.5. The van der Waals surface area contributed by atoms with Gasteiger partial charge in [-0.15, -0.1) is 0 Å². The van der Waals surface area contributed by atoms with Crippen LogP contribution >= 0.6 is 11.3 Å². The maximum atomic E-state index is 11.7. The van der Waals surface area contributed by atoms with E-state index in [1.165, 1.54) is 15.9 Å². The van der Waals surface area contributed by atoms with Crippen LogP contribution in [0.5, 0.6) is 0 Å². The highest BCUT2D eigenvalue weighted by Gasteiger charge is 2.26. The van der Waals surface area contributed by atoms with Crippen molar-refractivity contribution in [1.82, 2.24) is 14.6 Å². The summed E-state index contributed by atoms with van der Waals surface area (Å²) in [5.41, 5.74) is 0.0334. The average molecular weight is 278 g/mol. The summed E-state index contributed by atoms with van der Waals surface area (Å²) in [4.78, 5) is 16.4. The fourth-order valence-electron chi connectivity index (χ4n) is 1.49. The molecule has 0 saturated heterocycles. The van der Waals surface area contributed by atoms with Crippen molar-refractivity contribution in [3.63, 3.8) is 0 Å². The SMILES string of the molecule is CCOC(=O)c1nc2sc(C(C)(C)C)nn2c1C#N. The second kappa shape index (κ2) is 4.63. The summed E-state index contributed by atoms with van der Waals surface area (Å²) in [7, 11) is 0. The molecule has 0 aliphatic rings. The Morgan fingerprint density at radius 2 is 2.21 bits per heavy atom. The third-order valence-corrected chi connectivity index (χ3v) is 3.75. The van der Waals surface area contributed by atoms with E-state index in [9.17, 15) is 10.1 Å². The summed E-state index contributed by atoms with van der Waals surface area (Å²) in [6.45, 7) is 8.05. The third kappa shape index (κ3) is 2.31. The predicted octanol–water partition coefficient (Wildman–Crippen LogP) is 2.14. The number of nitrogens with zero attached hydrogens (tertiary/aromatic N) is 4. The van der Waals surface area contributed by atoms with Crippen LogP contribution in [0.3, 0.4) is 0 Å². The van der Waals surface area contributed by atoms with E-state index in [1.54, 1.807) is 6.92 Å². The molecule has 0 atom stereocenters. The minimum Gasteiger partial charge on any atom is -0.461 e. The van der Waals surface area contributed by atoms with E-state index in [2.05, 4.69) is 10.1 Å². The number of hydrogen-bond donors (Lipinski definition) is 0. The minimum absolute atomic E-state index is 0.0311. The Labute approximate surface area is 114 Å². The first-order valence-electron chi connectivity index (χ1n) is 5.85. The van der Waals surface area contributed by atoms with Crippen LogP contribution in [-0.4, -0.2) is 27.2 Å². The molecule has 0 N–H and O–H groups in total. The zero-order chi connectivity index (χ0) is 14.2. The molecule has 0 radical (unpaired) electrons. The van der Waals surface area contributed by atoms with Gasteiger partial charge < -0.3 is 4.74 Å². The molecule has 100 valence electrons. The van der Waals surface area contributed by atoms with Gasteiger partial charge in [-0.05, 0) is 6.92 Å². The fourth-order valence-corrected chi connectivity index (χ4v) is 2.45. The predicted molar refractivity (Wildman–Crippen MR) is 70.2 cm³/mol. The van der Waals surface area contributed by atoms with E-state index in [4.69, 9.17) is 4.74 Å². The highest BCUT2D eigenvalue weighted by Crippen LogP contribution is 2.28. The maximum absolute atomic E-state index is 11.7. The largest absolute Gasteiger partial charge is 0.461 e. The summed E-state index contributed by atoms with van der Waals surface area (Å²) >= 11 is 1.37. The van der Waals surface area contributed by atoms with E-state index < -0.39 is 5.97 Å². The zero-order valence-corrected chi connectivity index (χ0v) is 12.0. The Morgan fingerprint density at radius 1 is 1.53 bits per heavy atom. The molecule has 2 aromatic heterocycles. The van der Waals surface area contributed by atoms with Crippen molar-refractivity contribution >= 4 is 22.3 Å². The molecule has 19 heavy (non-hydrogen) atoms. The van der Waals surface area contributed by atoms with Crippen LogP contribution in [0.4, 0.5) is 0 Å². The molecule has 0 aromatic carbocycles. The van der Waals surface area contributed by atoms with Gasteiger partial charge in [0.1, 0.15) is 11.1 Å². The first-order chi connectivity index (χ1) is 8.88. The van der Waals surface area contributed by atoms with Gasteiger partial charge in [0.2, 0.25) is 4.96 Å². The van der Waals surface area contributed by atoms with Gasteiger partial charge in [-0.1, -0.05) is 32.1 Å². The van der Waals surface area contributed by atoms with E-state index in [0.717, 1.165) is 5.01 Å². The Bertz CT molecular complexity index is 672. The number of ether oxygens (including phenoxy) is 1. The van der Waals surface area contributed by atoms with Crippen LogP contribution in [0.1, 0.15) is 48.9 Å². The highest BCUT2D eigenvalue weighted by molar-refractivity contribution is 7.16. The summed E-state index contributed by atoms with van der Waals surface area (Å²) in [6, 6.07) is 1.97. The molecule has 0 fully saturated rings. The van der Waals surface area contributed by atoms with Gasteiger partial charge in [-0.2, -0.15) is 14.9 Å². The lowest BCUT2D eigenvalue weighted by Crippen LogP contribution is -2.12. The standard InChI is InChI=1S/C12H14N4O2S/c1-5-18-9(17)8-7(6-13)16-11(14-8)19-10(15-16)12(2,3)4/h5H2,1-4H3. The van der Waals surface area contributed by atoms with Crippen LogP contribution in [0.25, 0.3) is 4.96 Å². The Morgan fingerprint density at radius 3 is 2.74 bits per heavy atom. The molecule has 0 aliphatic heterocycles. The molecule has 0 saturated carbocycles. The molecule has 0 amide bonds. The van der Waals surface area contributed by atoms with Crippen molar-refractivity contribution < 1.29 is 9.53 Å². The van der Waals surface area contributed by atoms with Gasteiger partial charge in [-0.3, -0.25) is 0 Å². The molecule has 7 heteroatoms. The number of carbonyl (C=O) groups excluding carboxylic acids is 1. The molecule has 0 spiro atoms. The maximum Gasteiger partial charge on any atom is 0.360 e. The molecule has 0 bridgehead atoms. The van der Waals surface area contributed by atoms with Gasteiger partial charge in [-0.25, -0.2) is 9.78 Å². The Hall–Kier alpha value is -1.94. The quantitative estimate of drug-likeness (QED) is 0.786. The van der Waals surface area contributed by atoms with Crippen molar-refractivity contribution in [3.05, 3.63) is 16.4 Å². The minimum atomic E-state index is -0.589. The first-order valence-corrected chi connectivity index (χ1v) is 6.67. The number of esters is 1. The van der Waals surface area contributed by atoms with Gasteiger partial charge in [0.25, 0.3) is 0 Å². The first kappa shape index (κ1) is 13.5. The van der Waals surface area contributed by atoms with Gasteiger partial charge in [0.15, 0.2) is 11.4 Å². The smallest absolute Gasteiger partial charge is 0.360 e. The fraction of sp³-hybridized carbons (Fsp3) is 0.500. The lowest BCUT2D eigenvalue weighted by Gasteiger charge is -2.12. The lowest BCUT2D eigenvalue weighted by atomic mass is 9.98. The number of aromatic nitrogens is 3. The molecule has 2 heterocycles. The lowest BCUT2D eigenvalue weighted by molar-refractivity contribution is 0.0520. The number of carbonyl (C=O) groups is 1. The second-order valence-electron chi connectivity index (χ2n) is 4.99. The topological polar surface area (TPSA) is 80.3 Å². The summed E-state index contributed by atoms with van der Waals surface area (Å²) in [5.74, 6) is -0.589. The third-order valence-electron chi connectivity index (χ3n) is 2.42. The highest BCUT2D eigenvalue weighted by atomic mass is 32.1. The molecular formula is C12H14N4O2S. The van der Waals surface area contributed by atoms with Crippen LogP contribution in [0, 0.1) is 11.3 Å². The van der Waals surface area contributed by atoms with E-state index >= 15 is 0 Å². The van der Waals surface area contributed by atoms with Gasteiger partial charge in [0, 0.05) is 5.41 Å². The summed E-state index contributed by atoms with van der Waals surface area (Å²) in [6.07, 6.45) is 0. The molecule has 2 aromatic rings. The van der Waals surface area contributed by atoms with Gasteiger partial charge in [0.05, 0.1) is 6.61 Å². The van der Waals surface area contributed by atoms with Crippen LogP contribution in [-0.2, 0) is 10.2 Å². The summed E-state index contributed by atoms with van der Waals surface area (Å²) in [5, 5.41) is 14.4. The molecule has 0 aliphatic carbocycles. The Kier molecular flexibility index (Phi) is 3.28. The van der Waals surface area contributed by atoms with E-state index in [0.29, 0.717) is 4.96 Å². The monoisotopic (exact) mass is 278 g/mol. The number of nitriles is 1. The number of imidazole rings is 1. The van der Waals surface area contributed by atoms with Gasteiger partial charge >= 0.3 is 5.97 Å².